The summed E-state index contributed by atoms with van der Waals surface area (Å²) in [5.41, 5.74) is 0.320. The molecule has 0 bridgehead atoms. The minimum atomic E-state index is -3.94. The zero-order valence-corrected chi connectivity index (χ0v) is 18.5. The first-order chi connectivity index (χ1) is 16.0. The molecule has 1 aromatic heterocycles. The second-order valence-corrected chi connectivity index (χ2v) is 10.1. The lowest BCUT2D eigenvalue weighted by atomic mass is 10.00. The lowest BCUT2D eigenvalue weighted by Gasteiger charge is -2.37. The molecule has 34 heavy (non-hydrogen) atoms. The van der Waals surface area contributed by atoms with E-state index in [1.165, 1.54) is 12.1 Å². The number of anilines is 1. The summed E-state index contributed by atoms with van der Waals surface area (Å²) in [5.74, 6) is -4.89. The van der Waals surface area contributed by atoms with Crippen LogP contribution in [0.3, 0.4) is 0 Å². The standard InChI is InChI=1S/C21H18F4N4O4S/c1-34(31,32)27-16-10-29-17(21(16,24)25)7-8-28(20(29)30)19-18-12(3-2-4-15(18)33-26-19)13-9-11(22)5-6-14(13)23/h2-6,9,16-17,27H,7-8,10H2,1H3/t16-,17-/m1/s1. The Morgan fingerprint density at radius 2 is 1.94 bits per heavy atom. The van der Waals surface area contributed by atoms with Crippen LogP contribution in [-0.2, 0) is 10.0 Å². The van der Waals surface area contributed by atoms with Crippen molar-refractivity contribution in [2.75, 3.05) is 24.2 Å². The van der Waals surface area contributed by atoms with Crippen molar-refractivity contribution in [1.29, 1.82) is 0 Å². The van der Waals surface area contributed by atoms with Gasteiger partial charge in [-0.1, -0.05) is 17.3 Å². The van der Waals surface area contributed by atoms with E-state index in [0.717, 1.165) is 34.3 Å². The van der Waals surface area contributed by atoms with E-state index in [1.807, 2.05) is 4.72 Å². The first-order valence-electron chi connectivity index (χ1n) is 10.2. The van der Waals surface area contributed by atoms with E-state index in [9.17, 15) is 30.8 Å². The average Bonchev–Trinajstić information content (AvgIpc) is 3.29. The number of nitrogens with zero attached hydrogens (tertiary/aromatic N) is 3. The van der Waals surface area contributed by atoms with Gasteiger partial charge in [0.25, 0.3) is 5.92 Å². The molecule has 1 N–H and O–H groups in total. The van der Waals surface area contributed by atoms with Crippen LogP contribution < -0.4 is 9.62 Å². The van der Waals surface area contributed by atoms with Gasteiger partial charge in [0, 0.05) is 18.7 Å². The number of carbonyl (C=O) groups excluding carboxylic acids is 1. The number of rotatable bonds is 4. The molecule has 2 amide bonds. The van der Waals surface area contributed by atoms with Crippen LogP contribution in [0.1, 0.15) is 6.42 Å². The Bertz CT molecular complexity index is 1410. The van der Waals surface area contributed by atoms with Crippen molar-refractivity contribution < 1.29 is 35.3 Å². The van der Waals surface area contributed by atoms with Gasteiger partial charge in [-0.25, -0.2) is 35.5 Å². The van der Waals surface area contributed by atoms with Crippen LogP contribution >= 0.6 is 0 Å². The molecule has 0 unspecified atom stereocenters. The van der Waals surface area contributed by atoms with Crippen LogP contribution in [0.15, 0.2) is 40.9 Å². The third kappa shape index (κ3) is 3.59. The molecule has 13 heteroatoms. The Hall–Kier alpha value is -3.19. The number of benzene rings is 2. The van der Waals surface area contributed by atoms with E-state index in [4.69, 9.17) is 4.52 Å². The summed E-state index contributed by atoms with van der Waals surface area (Å²) < 4.78 is 88.5. The molecule has 2 aliphatic rings. The number of hydrogen-bond acceptors (Lipinski definition) is 5. The number of sulfonamides is 1. The van der Waals surface area contributed by atoms with Gasteiger partial charge >= 0.3 is 6.03 Å². The Morgan fingerprint density at radius 3 is 2.68 bits per heavy atom. The monoisotopic (exact) mass is 498 g/mol. The van der Waals surface area contributed by atoms with Gasteiger partial charge in [-0.05, 0) is 36.2 Å². The van der Waals surface area contributed by atoms with Gasteiger partial charge in [0.15, 0.2) is 11.4 Å². The number of halogens is 4. The molecule has 2 fully saturated rings. The minimum absolute atomic E-state index is 0.0273. The van der Waals surface area contributed by atoms with Gasteiger partial charge < -0.3 is 9.42 Å². The van der Waals surface area contributed by atoms with Gasteiger partial charge in [0.2, 0.25) is 10.0 Å². The lowest BCUT2D eigenvalue weighted by molar-refractivity contribution is -0.0448. The van der Waals surface area contributed by atoms with Gasteiger partial charge in [0.05, 0.1) is 11.6 Å². The molecule has 0 aliphatic carbocycles. The Morgan fingerprint density at radius 1 is 1.18 bits per heavy atom. The van der Waals surface area contributed by atoms with Crippen molar-refractivity contribution in [3.05, 3.63) is 48.0 Å². The first-order valence-corrected chi connectivity index (χ1v) is 12.1. The molecule has 0 saturated carbocycles. The smallest absolute Gasteiger partial charge is 0.326 e. The molecule has 2 aliphatic heterocycles. The highest BCUT2D eigenvalue weighted by Crippen LogP contribution is 2.42. The number of nitrogens with one attached hydrogen (secondary N) is 1. The second kappa shape index (κ2) is 7.67. The molecule has 2 saturated heterocycles. The summed E-state index contributed by atoms with van der Waals surface area (Å²) in [6.45, 7) is -0.704. The number of alkyl halides is 2. The molecule has 3 aromatic rings. The third-order valence-corrected chi connectivity index (χ3v) is 6.79. The maximum Gasteiger partial charge on any atom is 0.326 e. The summed E-state index contributed by atoms with van der Waals surface area (Å²) in [6.07, 6.45) is 0.592. The van der Waals surface area contributed by atoms with Crippen molar-refractivity contribution in [2.24, 2.45) is 0 Å². The van der Waals surface area contributed by atoms with E-state index in [-0.39, 0.29) is 40.9 Å². The van der Waals surface area contributed by atoms with Crippen LogP contribution in [-0.4, -0.2) is 61.9 Å². The number of carbonyl (C=O) groups is 1. The first kappa shape index (κ1) is 22.6. The van der Waals surface area contributed by atoms with Crippen LogP contribution in [0.2, 0.25) is 0 Å². The van der Waals surface area contributed by atoms with Crippen molar-refractivity contribution in [1.82, 2.24) is 14.8 Å². The fraction of sp³-hybridized carbons (Fsp3) is 0.333. The normalized spacial score (nSPS) is 22.4. The molecule has 180 valence electrons. The van der Waals surface area contributed by atoms with Gasteiger partial charge in [-0.2, -0.15) is 0 Å². The van der Waals surface area contributed by atoms with E-state index in [0.29, 0.717) is 0 Å². The van der Waals surface area contributed by atoms with E-state index < -0.39 is 52.2 Å². The molecule has 0 radical (unpaired) electrons. The number of amides is 2. The fourth-order valence-electron chi connectivity index (χ4n) is 4.61. The van der Waals surface area contributed by atoms with Crippen molar-refractivity contribution >= 4 is 32.8 Å². The Balaban J connectivity index is 1.55. The quantitative estimate of drug-likeness (QED) is 0.557. The number of hydrogen-bond donors (Lipinski definition) is 1. The summed E-state index contributed by atoms with van der Waals surface area (Å²) in [4.78, 5) is 15.3. The highest BCUT2D eigenvalue weighted by atomic mass is 32.2. The minimum Gasteiger partial charge on any atom is -0.354 e. The Kier molecular flexibility index (Phi) is 5.09. The fourth-order valence-corrected chi connectivity index (χ4v) is 5.36. The number of urea groups is 1. The third-order valence-electron chi connectivity index (χ3n) is 6.08. The predicted molar refractivity (Wildman–Crippen MR) is 114 cm³/mol. The van der Waals surface area contributed by atoms with Gasteiger partial charge in [0.1, 0.15) is 23.7 Å². The average molecular weight is 498 g/mol. The van der Waals surface area contributed by atoms with Crippen LogP contribution in [0.5, 0.6) is 0 Å². The number of aromatic nitrogens is 1. The molecule has 8 nitrogen and oxygen atoms in total. The summed E-state index contributed by atoms with van der Waals surface area (Å²) in [7, 11) is -3.94. The molecule has 3 heterocycles. The Labute approximate surface area is 191 Å². The second-order valence-electron chi connectivity index (χ2n) is 8.32. The zero-order chi connectivity index (χ0) is 24.4. The predicted octanol–water partition coefficient (Wildman–Crippen LogP) is 3.34. The molecular weight excluding hydrogens is 480 g/mol. The SMILES string of the molecule is CS(=O)(=O)N[C@@H]1CN2C(=O)N(c3noc4cccc(-c5cc(F)ccc5F)c34)CC[C@@H]2C1(F)F. The largest absolute Gasteiger partial charge is 0.354 e. The summed E-state index contributed by atoms with van der Waals surface area (Å²) in [6, 6.07) is 3.42. The topological polar surface area (TPSA) is 95.8 Å². The van der Waals surface area contributed by atoms with Crippen LogP contribution in [0, 0.1) is 11.6 Å². The highest BCUT2D eigenvalue weighted by molar-refractivity contribution is 7.88. The molecule has 0 spiro atoms. The summed E-state index contributed by atoms with van der Waals surface area (Å²) in [5, 5.41) is 4.14. The molecule has 2 atom stereocenters. The molecule has 2 aromatic carbocycles. The summed E-state index contributed by atoms with van der Waals surface area (Å²) >= 11 is 0. The van der Waals surface area contributed by atoms with E-state index in [1.54, 1.807) is 6.07 Å². The molecular formula is C21H18F4N4O4S. The maximum absolute atomic E-state index is 14.9. The van der Waals surface area contributed by atoms with Crippen molar-refractivity contribution in [3.63, 3.8) is 0 Å². The van der Waals surface area contributed by atoms with Crippen LogP contribution in [0.4, 0.5) is 28.2 Å². The van der Waals surface area contributed by atoms with E-state index in [2.05, 4.69) is 5.16 Å². The van der Waals surface area contributed by atoms with Crippen LogP contribution in [0.25, 0.3) is 22.1 Å². The maximum atomic E-state index is 14.9. The van der Waals surface area contributed by atoms with Gasteiger partial charge in [-0.3, -0.25) is 4.90 Å². The molecule has 5 rings (SSSR count). The zero-order valence-electron chi connectivity index (χ0n) is 17.6. The van der Waals surface area contributed by atoms with Crippen molar-refractivity contribution in [2.45, 2.75) is 24.4 Å². The number of fused-ring (bicyclic) bond motifs is 2. The van der Waals surface area contributed by atoms with Crippen molar-refractivity contribution in [3.8, 4) is 11.1 Å². The van der Waals surface area contributed by atoms with Gasteiger partial charge in [-0.15, -0.1) is 0 Å². The highest BCUT2D eigenvalue weighted by Gasteiger charge is 2.60. The lowest BCUT2D eigenvalue weighted by Crippen LogP contribution is -2.56. The van der Waals surface area contributed by atoms with E-state index >= 15 is 0 Å².